The Bertz CT molecular complexity index is 389. The van der Waals surface area contributed by atoms with Crippen LogP contribution in [0.1, 0.15) is 34.6 Å². The number of rotatable bonds is 9. The van der Waals surface area contributed by atoms with Crippen LogP contribution >= 0.6 is 7.82 Å². The van der Waals surface area contributed by atoms with Crippen LogP contribution in [0.2, 0.25) is 0 Å². The molecule has 0 fully saturated rings. The van der Waals surface area contributed by atoms with Gasteiger partial charge in [-0.15, -0.1) is 0 Å². The van der Waals surface area contributed by atoms with Gasteiger partial charge >= 0.3 is 20.1 Å². The van der Waals surface area contributed by atoms with Crippen LogP contribution in [0.5, 0.6) is 0 Å². The molecule has 0 heterocycles. The topological polar surface area (TPSA) is 116 Å². The number of carbonyl (C=O) groups excluding carboxylic acids is 2. The van der Waals surface area contributed by atoms with Crippen molar-refractivity contribution in [1.82, 2.24) is 0 Å². The van der Waals surface area contributed by atoms with E-state index in [0.29, 0.717) is 0 Å². The van der Waals surface area contributed by atoms with E-state index in [1.165, 1.54) is 0 Å². The molecule has 0 amide bonds. The molecule has 23 heavy (non-hydrogen) atoms. The van der Waals surface area contributed by atoms with E-state index in [0.717, 1.165) is 0 Å². The van der Waals surface area contributed by atoms with Gasteiger partial charge < -0.3 is 18.9 Å². The van der Waals surface area contributed by atoms with Crippen LogP contribution in [-0.4, -0.2) is 44.7 Å². The highest BCUT2D eigenvalue weighted by Gasteiger charge is 2.34. The molecule has 0 aromatic carbocycles. The molecule has 0 spiro atoms. The summed E-state index contributed by atoms with van der Waals surface area (Å²) in [6, 6.07) is 0. The van der Waals surface area contributed by atoms with E-state index in [2.05, 4.69) is 18.9 Å². The Labute approximate surface area is 134 Å². The van der Waals surface area contributed by atoms with Crippen molar-refractivity contribution in [3.63, 3.8) is 0 Å². The summed E-state index contributed by atoms with van der Waals surface area (Å²) in [7, 11) is -4.16. The molecule has 0 aromatic rings. The fraction of sp³-hybridized carbons (Fsp3) is 0.833. The lowest BCUT2D eigenvalue weighted by molar-refractivity contribution is -0.0504. The van der Waals surface area contributed by atoms with Gasteiger partial charge in [-0.1, -0.05) is 0 Å². The Morgan fingerprint density at radius 2 is 1.22 bits per heavy atom. The Morgan fingerprint density at radius 1 is 0.826 bits per heavy atom. The second-order valence-electron chi connectivity index (χ2n) is 4.80. The van der Waals surface area contributed by atoms with Gasteiger partial charge in [0, 0.05) is 0 Å². The van der Waals surface area contributed by atoms with Gasteiger partial charge in [-0.05, 0) is 34.6 Å². The summed E-state index contributed by atoms with van der Waals surface area (Å²) in [4.78, 5) is 22.0. The molecule has 0 unspecified atom stereocenters. The Kier molecular flexibility index (Phi) is 9.82. The normalized spacial score (nSPS) is 11.7. The van der Waals surface area contributed by atoms with Crippen molar-refractivity contribution in [2.75, 3.05) is 26.8 Å². The molecule has 0 aliphatic heterocycles. The summed E-state index contributed by atoms with van der Waals surface area (Å²) in [5.74, 6) is 0. The summed E-state index contributed by atoms with van der Waals surface area (Å²) in [5, 5.41) is 0. The molecule has 136 valence electrons. The van der Waals surface area contributed by atoms with Crippen molar-refractivity contribution in [3.05, 3.63) is 0 Å². The standard InChI is InChI=1S/C12H23O10P/c1-6-16-10(13)18-8-20-23(15,22-12(3,4)5)21-9-19-11(14)17-7-2/h6-9H2,1-5H3. The van der Waals surface area contributed by atoms with Gasteiger partial charge in [-0.3, -0.25) is 4.52 Å². The molecule has 10 nitrogen and oxygen atoms in total. The third kappa shape index (κ3) is 11.8. The Balaban J connectivity index is 4.49. The van der Waals surface area contributed by atoms with E-state index in [-0.39, 0.29) is 13.2 Å². The third-order valence-corrected chi connectivity index (χ3v) is 3.30. The third-order valence-electron chi connectivity index (χ3n) is 1.69. The van der Waals surface area contributed by atoms with Crippen LogP contribution in [-0.2, 0) is 37.1 Å². The summed E-state index contributed by atoms with van der Waals surface area (Å²) in [6.07, 6.45) is -2.00. The first-order valence-electron chi connectivity index (χ1n) is 6.81. The second kappa shape index (κ2) is 10.4. The first-order chi connectivity index (χ1) is 10.6. The van der Waals surface area contributed by atoms with Crippen molar-refractivity contribution in [2.45, 2.75) is 40.2 Å². The summed E-state index contributed by atoms with van der Waals surface area (Å²) >= 11 is 0. The van der Waals surface area contributed by atoms with Crippen molar-refractivity contribution >= 4 is 20.1 Å². The fourth-order valence-corrected chi connectivity index (χ4v) is 2.24. The highest BCUT2D eigenvalue weighted by molar-refractivity contribution is 7.48. The number of phosphoric ester groups is 1. The first kappa shape index (κ1) is 21.6. The van der Waals surface area contributed by atoms with Gasteiger partial charge in [0.15, 0.2) is 0 Å². The van der Waals surface area contributed by atoms with E-state index in [1.54, 1.807) is 34.6 Å². The van der Waals surface area contributed by atoms with Gasteiger partial charge in [0.05, 0.1) is 18.8 Å². The fourth-order valence-electron chi connectivity index (χ4n) is 1.02. The summed E-state index contributed by atoms with van der Waals surface area (Å²) in [5.41, 5.74) is -0.899. The number of ether oxygens (including phenoxy) is 4. The van der Waals surface area contributed by atoms with Crippen molar-refractivity contribution < 1.29 is 46.7 Å². The minimum absolute atomic E-state index is 0.110. The second-order valence-corrected chi connectivity index (χ2v) is 6.39. The Morgan fingerprint density at radius 3 is 1.52 bits per heavy atom. The maximum absolute atomic E-state index is 12.4. The average Bonchev–Trinajstić information content (AvgIpc) is 2.36. The lowest BCUT2D eigenvalue weighted by Crippen LogP contribution is -2.21. The van der Waals surface area contributed by atoms with Crippen LogP contribution in [0.3, 0.4) is 0 Å². The molecule has 11 heteroatoms. The van der Waals surface area contributed by atoms with Gasteiger partial charge in [-0.25, -0.2) is 23.2 Å². The van der Waals surface area contributed by atoms with E-state index in [9.17, 15) is 14.2 Å². The minimum Gasteiger partial charge on any atom is -0.435 e. The van der Waals surface area contributed by atoms with Crippen LogP contribution in [0, 0.1) is 0 Å². The molecule has 0 bridgehead atoms. The average molecular weight is 358 g/mol. The molecule has 0 aliphatic rings. The predicted octanol–water partition coefficient (Wildman–Crippen LogP) is 3.20. The number of phosphoric acid groups is 1. The monoisotopic (exact) mass is 358 g/mol. The quantitative estimate of drug-likeness (QED) is 0.345. The largest absolute Gasteiger partial charge is 0.510 e. The van der Waals surface area contributed by atoms with Crippen molar-refractivity contribution in [2.24, 2.45) is 0 Å². The van der Waals surface area contributed by atoms with E-state index in [4.69, 9.17) is 13.6 Å². The lowest BCUT2D eigenvalue weighted by Gasteiger charge is -2.25. The summed E-state index contributed by atoms with van der Waals surface area (Å²) in [6.45, 7) is 6.74. The van der Waals surface area contributed by atoms with Crippen LogP contribution in [0.25, 0.3) is 0 Å². The van der Waals surface area contributed by atoms with E-state index >= 15 is 0 Å². The lowest BCUT2D eigenvalue weighted by atomic mass is 10.2. The van der Waals surface area contributed by atoms with Crippen LogP contribution in [0.15, 0.2) is 0 Å². The van der Waals surface area contributed by atoms with Crippen molar-refractivity contribution in [1.29, 1.82) is 0 Å². The maximum atomic E-state index is 12.4. The molecule has 0 rings (SSSR count). The number of carbonyl (C=O) groups is 2. The molecular weight excluding hydrogens is 335 g/mol. The molecule has 0 aliphatic carbocycles. The maximum Gasteiger partial charge on any atom is 0.510 e. The molecule has 0 aromatic heterocycles. The van der Waals surface area contributed by atoms with Crippen LogP contribution < -0.4 is 0 Å². The minimum atomic E-state index is -4.16. The van der Waals surface area contributed by atoms with Gasteiger partial charge in [0.1, 0.15) is 0 Å². The zero-order chi connectivity index (χ0) is 17.9. The SMILES string of the molecule is CCOC(=O)OCOP(=O)(OCOC(=O)OCC)OC(C)(C)C. The van der Waals surface area contributed by atoms with Gasteiger partial charge in [0.2, 0.25) is 13.6 Å². The van der Waals surface area contributed by atoms with Gasteiger partial charge in [0.25, 0.3) is 0 Å². The molecule has 0 saturated heterocycles. The molecule has 0 saturated carbocycles. The zero-order valence-corrected chi connectivity index (χ0v) is 14.8. The smallest absolute Gasteiger partial charge is 0.435 e. The Hall–Kier alpha value is -1.35. The molecule has 0 atom stereocenters. The highest BCUT2D eigenvalue weighted by atomic mass is 31.2. The number of hydrogen-bond acceptors (Lipinski definition) is 10. The molecular formula is C12H23O10P. The zero-order valence-electron chi connectivity index (χ0n) is 13.9. The van der Waals surface area contributed by atoms with E-state index in [1.807, 2.05) is 0 Å². The first-order valence-corrected chi connectivity index (χ1v) is 8.27. The van der Waals surface area contributed by atoms with E-state index < -0.39 is 39.3 Å². The van der Waals surface area contributed by atoms with Gasteiger partial charge in [-0.2, -0.15) is 0 Å². The molecule has 0 radical (unpaired) electrons. The molecule has 0 N–H and O–H groups in total. The number of hydrogen-bond donors (Lipinski definition) is 0. The van der Waals surface area contributed by atoms with Crippen molar-refractivity contribution in [3.8, 4) is 0 Å². The predicted molar refractivity (Wildman–Crippen MR) is 76.6 cm³/mol. The highest BCUT2D eigenvalue weighted by Crippen LogP contribution is 2.52. The summed E-state index contributed by atoms with van der Waals surface area (Å²) < 4.78 is 45.2. The van der Waals surface area contributed by atoms with Crippen LogP contribution in [0.4, 0.5) is 9.59 Å².